The molecule has 0 aliphatic rings. The van der Waals surface area contributed by atoms with Crippen LogP contribution in [0, 0.1) is 0 Å². The molecule has 136 valence electrons. The van der Waals surface area contributed by atoms with Gasteiger partial charge in [-0.25, -0.2) is 8.42 Å². The number of guanidine groups is 1. The smallest absolute Gasteiger partial charge is 0.193 e. The Hall–Kier alpha value is -1.81. The molecule has 25 heavy (non-hydrogen) atoms. The first kappa shape index (κ1) is 21.2. The summed E-state index contributed by atoms with van der Waals surface area (Å²) in [5.41, 5.74) is 7.62. The molecule has 2 rings (SSSR count). The lowest BCUT2D eigenvalue weighted by Gasteiger charge is -2.10. The second-order valence-corrected chi connectivity index (χ2v) is 7.27. The van der Waals surface area contributed by atoms with E-state index >= 15 is 0 Å². The molecule has 0 radical (unpaired) electrons. The first-order valence-corrected chi connectivity index (χ1v) is 9.28. The van der Waals surface area contributed by atoms with E-state index in [1.807, 2.05) is 24.3 Å². The van der Waals surface area contributed by atoms with Gasteiger partial charge < -0.3 is 15.8 Å². The van der Waals surface area contributed by atoms with Crippen LogP contribution in [0.25, 0.3) is 0 Å². The third-order valence-corrected chi connectivity index (χ3v) is 4.53. The summed E-state index contributed by atoms with van der Waals surface area (Å²) in [7, 11) is -1.57. The molecule has 0 saturated carbocycles. The van der Waals surface area contributed by atoms with Crippen LogP contribution in [0.2, 0.25) is 0 Å². The van der Waals surface area contributed by atoms with E-state index in [0.717, 1.165) is 11.3 Å². The van der Waals surface area contributed by atoms with Crippen LogP contribution in [-0.4, -0.2) is 34.3 Å². The third-order valence-electron chi connectivity index (χ3n) is 3.40. The maximum atomic E-state index is 11.4. The highest BCUT2D eigenvalue weighted by molar-refractivity contribution is 14.0. The molecule has 2 aromatic rings. The zero-order valence-corrected chi connectivity index (χ0v) is 17.2. The molecule has 0 amide bonds. The molecular weight excluding hydrogens is 453 g/mol. The predicted molar refractivity (Wildman–Crippen MR) is 112 cm³/mol. The molecule has 0 unspecified atom stereocenters. The van der Waals surface area contributed by atoms with Gasteiger partial charge in [0.15, 0.2) is 15.8 Å². The second-order valence-electron chi connectivity index (χ2n) is 5.26. The van der Waals surface area contributed by atoms with Gasteiger partial charge >= 0.3 is 0 Å². The number of sulfone groups is 1. The number of nitrogens with one attached hydrogen (secondary N) is 1. The average Bonchev–Trinajstić information content (AvgIpc) is 2.55. The van der Waals surface area contributed by atoms with E-state index in [1.54, 1.807) is 31.4 Å². The Labute approximate surface area is 165 Å². The van der Waals surface area contributed by atoms with Crippen molar-refractivity contribution in [3.8, 4) is 5.75 Å². The summed E-state index contributed by atoms with van der Waals surface area (Å²) in [5.74, 6) is 0.985. The summed E-state index contributed by atoms with van der Waals surface area (Å²) in [5, 5.41) is 3.00. The van der Waals surface area contributed by atoms with Crippen LogP contribution < -0.4 is 15.8 Å². The third kappa shape index (κ3) is 6.54. The van der Waals surface area contributed by atoms with Gasteiger partial charge in [-0.15, -0.1) is 24.0 Å². The fourth-order valence-corrected chi connectivity index (χ4v) is 2.76. The van der Waals surface area contributed by atoms with Gasteiger partial charge in [-0.3, -0.25) is 4.99 Å². The average molecular weight is 475 g/mol. The van der Waals surface area contributed by atoms with Gasteiger partial charge in [-0.05, 0) is 36.2 Å². The Balaban J connectivity index is 0.00000312. The van der Waals surface area contributed by atoms with Crippen LogP contribution in [0.3, 0.4) is 0 Å². The van der Waals surface area contributed by atoms with Crippen molar-refractivity contribution < 1.29 is 13.2 Å². The summed E-state index contributed by atoms with van der Waals surface area (Å²) in [6, 6.07) is 14.2. The zero-order chi connectivity index (χ0) is 17.6. The van der Waals surface area contributed by atoms with Crippen LogP contribution in [0.5, 0.6) is 5.75 Å². The van der Waals surface area contributed by atoms with Crippen LogP contribution >= 0.6 is 24.0 Å². The number of benzene rings is 2. The Morgan fingerprint density at radius 2 is 1.80 bits per heavy atom. The number of nitrogens with zero attached hydrogens (tertiary/aromatic N) is 1. The number of para-hydroxylation sites is 2. The van der Waals surface area contributed by atoms with Gasteiger partial charge in [0, 0.05) is 12.8 Å². The van der Waals surface area contributed by atoms with E-state index < -0.39 is 9.84 Å². The van der Waals surface area contributed by atoms with Crippen molar-refractivity contribution in [2.75, 3.05) is 25.2 Å². The van der Waals surface area contributed by atoms with Crippen LogP contribution in [0.1, 0.15) is 5.56 Å². The molecule has 0 aliphatic carbocycles. The molecule has 0 spiro atoms. The van der Waals surface area contributed by atoms with Crippen LogP contribution in [0.15, 0.2) is 58.4 Å². The Bertz CT molecular complexity index is 821. The number of methoxy groups -OCH3 is 1. The topological polar surface area (TPSA) is 93.8 Å². The fourth-order valence-electron chi connectivity index (χ4n) is 2.13. The number of halogens is 1. The summed E-state index contributed by atoms with van der Waals surface area (Å²) in [6.45, 7) is 0.492. The first-order valence-electron chi connectivity index (χ1n) is 7.39. The van der Waals surface area contributed by atoms with Crippen molar-refractivity contribution >= 4 is 45.5 Å². The molecule has 0 heterocycles. The lowest BCUT2D eigenvalue weighted by atomic mass is 10.1. The minimum Gasteiger partial charge on any atom is -0.495 e. The molecule has 8 heteroatoms. The quantitative estimate of drug-likeness (QED) is 0.381. The number of hydrogen-bond acceptors (Lipinski definition) is 4. The van der Waals surface area contributed by atoms with E-state index in [4.69, 9.17) is 10.5 Å². The highest BCUT2D eigenvalue weighted by Gasteiger charge is 2.06. The number of hydrogen-bond donors (Lipinski definition) is 2. The maximum absolute atomic E-state index is 11.4. The minimum absolute atomic E-state index is 0. The van der Waals surface area contributed by atoms with Crippen LogP contribution in [-0.2, 0) is 16.3 Å². The number of nitrogens with two attached hydrogens (primary N) is 1. The first-order chi connectivity index (χ1) is 11.4. The van der Waals surface area contributed by atoms with Crippen molar-refractivity contribution in [2.45, 2.75) is 11.3 Å². The molecule has 0 bridgehead atoms. The molecular formula is C17H22IN3O3S. The predicted octanol–water partition coefficient (Wildman–Crippen LogP) is 2.69. The molecule has 0 atom stereocenters. The Morgan fingerprint density at radius 1 is 1.16 bits per heavy atom. The minimum atomic E-state index is -3.16. The molecule has 0 saturated heterocycles. The molecule has 0 aromatic heterocycles. The van der Waals surface area contributed by atoms with E-state index in [0.29, 0.717) is 29.6 Å². The molecule has 0 aliphatic heterocycles. The van der Waals surface area contributed by atoms with Crippen molar-refractivity contribution in [3.05, 3.63) is 54.1 Å². The molecule has 0 fully saturated rings. The fraction of sp³-hybridized carbons (Fsp3) is 0.235. The number of anilines is 1. The normalized spacial score (nSPS) is 11.5. The van der Waals surface area contributed by atoms with Gasteiger partial charge in [-0.2, -0.15) is 0 Å². The van der Waals surface area contributed by atoms with Crippen molar-refractivity contribution in [1.82, 2.24) is 0 Å². The van der Waals surface area contributed by atoms with Crippen molar-refractivity contribution in [1.29, 1.82) is 0 Å². The van der Waals surface area contributed by atoms with E-state index in [9.17, 15) is 8.42 Å². The van der Waals surface area contributed by atoms with Crippen molar-refractivity contribution in [3.63, 3.8) is 0 Å². The standard InChI is InChI=1S/C17H21N3O3S.HI/c1-23-16-6-4-3-5-15(16)20-17(18)19-12-11-13-7-9-14(10-8-13)24(2,21)22;/h3-10H,11-12H2,1-2H3,(H3,18,19,20);1H. The molecule has 2 aromatic carbocycles. The highest BCUT2D eigenvalue weighted by atomic mass is 127. The maximum Gasteiger partial charge on any atom is 0.193 e. The van der Waals surface area contributed by atoms with Gasteiger partial charge in [-0.1, -0.05) is 24.3 Å². The van der Waals surface area contributed by atoms with E-state index in [1.165, 1.54) is 6.26 Å². The largest absolute Gasteiger partial charge is 0.495 e. The van der Waals surface area contributed by atoms with Crippen molar-refractivity contribution in [2.24, 2.45) is 10.7 Å². The number of rotatable bonds is 6. The van der Waals surface area contributed by atoms with E-state index in [2.05, 4.69) is 10.3 Å². The lowest BCUT2D eigenvalue weighted by Crippen LogP contribution is -2.23. The van der Waals surface area contributed by atoms with Gasteiger partial charge in [0.2, 0.25) is 0 Å². The monoisotopic (exact) mass is 475 g/mol. The summed E-state index contributed by atoms with van der Waals surface area (Å²) in [4.78, 5) is 4.58. The highest BCUT2D eigenvalue weighted by Crippen LogP contribution is 2.22. The second kappa shape index (κ2) is 9.62. The number of ether oxygens (including phenoxy) is 1. The summed E-state index contributed by atoms with van der Waals surface area (Å²) >= 11 is 0. The van der Waals surface area contributed by atoms with Gasteiger partial charge in [0.25, 0.3) is 0 Å². The lowest BCUT2D eigenvalue weighted by molar-refractivity contribution is 0.417. The molecule has 6 nitrogen and oxygen atoms in total. The Morgan fingerprint density at radius 3 is 2.40 bits per heavy atom. The summed E-state index contributed by atoms with van der Waals surface area (Å²) in [6.07, 6.45) is 1.86. The zero-order valence-electron chi connectivity index (χ0n) is 14.1. The summed E-state index contributed by atoms with van der Waals surface area (Å²) < 4.78 is 28.1. The van der Waals surface area contributed by atoms with Crippen LogP contribution in [0.4, 0.5) is 5.69 Å². The van der Waals surface area contributed by atoms with E-state index in [-0.39, 0.29) is 24.0 Å². The van der Waals surface area contributed by atoms with Gasteiger partial charge in [0.05, 0.1) is 17.7 Å². The SMILES string of the molecule is COc1ccccc1NC(N)=NCCc1ccc(S(C)(=O)=O)cc1.I. The van der Waals surface area contributed by atoms with Gasteiger partial charge in [0.1, 0.15) is 5.75 Å². The molecule has 3 N–H and O–H groups in total. The Kier molecular flexibility index (Phi) is 8.17. The number of aliphatic imine (C=N–C) groups is 1.